The van der Waals surface area contributed by atoms with E-state index in [1.807, 2.05) is 32.0 Å². The molecule has 8 nitrogen and oxygen atoms in total. The number of carbonyl (C=O) groups is 2. The number of allylic oxidation sites excluding steroid dienone is 4. The fourth-order valence-corrected chi connectivity index (χ4v) is 6.18. The van der Waals surface area contributed by atoms with Crippen molar-refractivity contribution < 1.29 is 36.5 Å². The van der Waals surface area contributed by atoms with Crippen LogP contribution in [-0.2, 0) is 44.2 Å². The van der Waals surface area contributed by atoms with E-state index in [0.717, 1.165) is 85.4 Å². The number of carboxylic acids is 1. The minimum atomic E-state index is -0.861. The molecule has 0 spiro atoms. The number of carboxylic acid groups (broad SMARTS) is 1. The average molecular weight is 619 g/mol. The van der Waals surface area contributed by atoms with Gasteiger partial charge in [-0.2, -0.15) is 0 Å². The summed E-state index contributed by atoms with van der Waals surface area (Å²) < 4.78 is 5.17. The van der Waals surface area contributed by atoms with Crippen LogP contribution in [0.4, 0.5) is 0 Å². The zero-order valence-corrected chi connectivity index (χ0v) is 26.3. The normalized spacial score (nSPS) is 16.0. The van der Waals surface area contributed by atoms with Crippen molar-refractivity contribution in [3.8, 4) is 0 Å². The van der Waals surface area contributed by atoms with Gasteiger partial charge in [-0.3, -0.25) is 4.79 Å². The fraction of sp³-hybridized carbons (Fsp3) is 0.353. The Labute approximate surface area is 261 Å². The molecule has 0 unspecified atom stereocenters. The third-order valence-electron chi connectivity index (χ3n) is 8.79. The van der Waals surface area contributed by atoms with Crippen LogP contribution in [0.5, 0.6) is 0 Å². The average Bonchev–Trinajstić information content (AvgIpc) is 3.13. The van der Waals surface area contributed by atoms with Crippen molar-refractivity contribution in [3.05, 3.63) is 69.3 Å². The maximum atomic E-state index is 11.8. The fourth-order valence-electron chi connectivity index (χ4n) is 6.18. The van der Waals surface area contributed by atoms with E-state index < -0.39 is 12.1 Å². The maximum absolute atomic E-state index is 11.8. The summed E-state index contributed by atoms with van der Waals surface area (Å²) in [4.78, 5) is 43.5. The van der Waals surface area contributed by atoms with Gasteiger partial charge < -0.3 is 19.8 Å². The van der Waals surface area contributed by atoms with Crippen LogP contribution in [0, 0.1) is 13.8 Å². The van der Waals surface area contributed by atoms with Gasteiger partial charge in [0.05, 0.1) is 22.8 Å². The van der Waals surface area contributed by atoms with Crippen LogP contribution in [-0.4, -0.2) is 33.1 Å². The molecule has 0 aromatic carbocycles. The number of hydrogen-bond acceptors (Lipinski definition) is 5. The number of aliphatic carboxylic acids is 1. The molecule has 3 aliphatic heterocycles. The van der Waals surface area contributed by atoms with E-state index in [9.17, 15) is 14.7 Å². The summed E-state index contributed by atoms with van der Waals surface area (Å²) in [6, 6.07) is 8.05. The number of ether oxygens (including phenoxy) is 1. The first kappa shape index (κ1) is 30.5. The Kier molecular flexibility index (Phi) is 8.25. The summed E-state index contributed by atoms with van der Waals surface area (Å²) in [5.41, 5.74) is 14.8. The van der Waals surface area contributed by atoms with Gasteiger partial charge in [0.25, 0.3) is 0 Å². The predicted octanol–water partition coefficient (Wildman–Crippen LogP) is 6.35. The number of aryl methyl sites for hydroxylation is 3. The smallest absolute Gasteiger partial charge is 0.657 e. The molecule has 1 N–H and O–H groups in total. The first-order valence-corrected chi connectivity index (χ1v) is 14.5. The van der Waals surface area contributed by atoms with Crippen LogP contribution in [0.25, 0.3) is 44.4 Å². The van der Waals surface area contributed by atoms with Crippen LogP contribution >= 0.6 is 0 Å². The summed E-state index contributed by atoms with van der Waals surface area (Å²) in [5.74, 6) is -1.07. The van der Waals surface area contributed by atoms with E-state index in [0.29, 0.717) is 24.1 Å². The topological polar surface area (TPSA) is 121 Å². The molecule has 8 bridgehead atoms. The van der Waals surface area contributed by atoms with Crippen molar-refractivity contribution in [2.24, 2.45) is 0 Å². The van der Waals surface area contributed by atoms with Gasteiger partial charge in [-0.05, 0) is 69.2 Å². The van der Waals surface area contributed by atoms with Crippen molar-refractivity contribution in [1.82, 2.24) is 19.9 Å². The van der Waals surface area contributed by atoms with Gasteiger partial charge in [0.2, 0.25) is 6.10 Å². The summed E-state index contributed by atoms with van der Waals surface area (Å²) in [7, 11) is 0. The maximum Gasteiger partial charge on any atom is 2.00 e. The SMILES string of the molecule is CCC1=C(C)c2cc3[n-]c(cc4nc(cc5[n-]c(cc1n2)c(C)c5CC)C(C)=C4CCC(=O)O)c(C[C@@H]1OC1=O)c3C.[Fe+2]. The van der Waals surface area contributed by atoms with Crippen molar-refractivity contribution in [2.75, 3.05) is 0 Å². The van der Waals surface area contributed by atoms with Gasteiger partial charge in [0.1, 0.15) is 0 Å². The third-order valence-corrected chi connectivity index (χ3v) is 8.79. The summed E-state index contributed by atoms with van der Waals surface area (Å²) in [5, 5.41) is 9.48. The first-order chi connectivity index (χ1) is 20.1. The van der Waals surface area contributed by atoms with Crippen molar-refractivity contribution in [1.29, 1.82) is 0 Å². The Bertz CT molecular complexity index is 1910. The Morgan fingerprint density at radius 3 is 1.84 bits per heavy atom. The van der Waals surface area contributed by atoms with E-state index >= 15 is 0 Å². The van der Waals surface area contributed by atoms with E-state index in [4.69, 9.17) is 24.7 Å². The number of carbonyl (C=O) groups excluding carboxylic acids is 1. The van der Waals surface area contributed by atoms with E-state index in [-0.39, 0.29) is 29.5 Å². The summed E-state index contributed by atoms with van der Waals surface area (Å²) in [6.45, 7) is 12.5. The van der Waals surface area contributed by atoms with Crippen LogP contribution < -0.4 is 9.97 Å². The largest absolute Gasteiger partial charge is 2.00 e. The zero-order valence-electron chi connectivity index (χ0n) is 25.2. The molecule has 0 radical (unpaired) electrons. The molecule has 3 aromatic heterocycles. The molecule has 0 amide bonds. The minimum Gasteiger partial charge on any atom is -0.657 e. The number of hydrogen-bond donors (Lipinski definition) is 1. The molecule has 1 fully saturated rings. The van der Waals surface area contributed by atoms with Crippen LogP contribution in [0.15, 0.2) is 24.3 Å². The Balaban J connectivity index is 0.00000368. The second kappa shape index (κ2) is 11.6. The molecule has 0 aliphatic carbocycles. The summed E-state index contributed by atoms with van der Waals surface area (Å²) >= 11 is 0. The zero-order chi connectivity index (χ0) is 29.9. The number of nitrogens with zero attached hydrogens (tertiary/aromatic N) is 4. The molecule has 222 valence electrons. The molecular formula is C34H34FeN4O4. The molecule has 3 aliphatic rings. The van der Waals surface area contributed by atoms with Gasteiger partial charge in [0, 0.05) is 12.8 Å². The molecule has 1 atom stereocenters. The number of fused-ring (bicyclic) bond motifs is 8. The minimum absolute atomic E-state index is 0. The van der Waals surface area contributed by atoms with E-state index in [2.05, 4.69) is 33.8 Å². The first-order valence-electron chi connectivity index (χ1n) is 14.5. The van der Waals surface area contributed by atoms with Crippen molar-refractivity contribution in [2.45, 2.75) is 79.8 Å². The monoisotopic (exact) mass is 618 g/mol. The molecule has 0 saturated carbocycles. The van der Waals surface area contributed by atoms with Crippen LogP contribution in [0.3, 0.4) is 0 Å². The number of epoxide rings is 1. The second-order valence-corrected chi connectivity index (χ2v) is 11.3. The molecule has 3 aromatic rings. The number of aromatic nitrogens is 4. The Hall–Kier alpha value is -3.94. The quantitative estimate of drug-likeness (QED) is 0.240. The van der Waals surface area contributed by atoms with Gasteiger partial charge >= 0.3 is 29.0 Å². The van der Waals surface area contributed by atoms with Gasteiger partial charge in [-0.25, -0.2) is 14.8 Å². The number of cyclic esters (lactones) is 1. The molecule has 43 heavy (non-hydrogen) atoms. The Morgan fingerprint density at radius 2 is 1.28 bits per heavy atom. The van der Waals surface area contributed by atoms with Gasteiger partial charge in [0.15, 0.2) is 0 Å². The van der Waals surface area contributed by atoms with Gasteiger partial charge in [-0.15, -0.1) is 22.1 Å². The van der Waals surface area contributed by atoms with Crippen LogP contribution in [0.2, 0.25) is 0 Å². The molecule has 6 heterocycles. The van der Waals surface area contributed by atoms with Crippen molar-refractivity contribution >= 4 is 56.3 Å². The van der Waals surface area contributed by atoms with E-state index in [1.165, 1.54) is 5.57 Å². The third kappa shape index (κ3) is 5.48. The molecule has 6 rings (SSSR count). The summed E-state index contributed by atoms with van der Waals surface area (Å²) in [6.07, 6.45) is 1.96. The second-order valence-electron chi connectivity index (χ2n) is 11.3. The van der Waals surface area contributed by atoms with Crippen molar-refractivity contribution in [3.63, 3.8) is 0 Å². The van der Waals surface area contributed by atoms with E-state index in [1.54, 1.807) is 0 Å². The molecule has 1 saturated heterocycles. The molecular weight excluding hydrogens is 584 g/mol. The number of rotatable bonds is 7. The standard InChI is InChI=1S/C34H35N4O4.Fe/c1-7-20-16(3)24-12-25-19(6)23(11-32-34(41)42-32)31(38-25)15-30-22(9-10-33(39)40)18(5)27(37-30)14-29-21(8-2)17(4)26(36-29)13-28(20)35-24;/h12-15,32H,7-11H2,1-6H3,(H2-,35,36,37,38,39,40);/q-1;+2/p-1/t32-;/m0./s1. The van der Waals surface area contributed by atoms with Gasteiger partial charge in [-0.1, -0.05) is 60.4 Å². The Morgan fingerprint density at radius 1 is 0.791 bits per heavy atom. The van der Waals surface area contributed by atoms with Crippen LogP contribution in [0.1, 0.15) is 92.0 Å². The predicted molar refractivity (Wildman–Crippen MR) is 164 cm³/mol. The molecule has 9 heteroatoms.